The van der Waals surface area contributed by atoms with Gasteiger partial charge in [0.1, 0.15) is 5.82 Å². The van der Waals surface area contributed by atoms with E-state index in [4.69, 9.17) is 15.1 Å². The normalized spacial score (nSPS) is 17.3. The maximum absolute atomic E-state index is 13.6. The summed E-state index contributed by atoms with van der Waals surface area (Å²) >= 11 is 1.74. The number of piperazine rings is 1. The smallest absolute Gasteiger partial charge is 0.179 e. The largest absolute Gasteiger partial charge is 0.368 e. The molecule has 224 valence electrons. The van der Waals surface area contributed by atoms with Crippen LogP contribution in [0.5, 0.6) is 0 Å². The van der Waals surface area contributed by atoms with E-state index in [-0.39, 0.29) is 11.9 Å². The molecule has 0 bridgehead atoms. The van der Waals surface area contributed by atoms with Crippen molar-refractivity contribution in [2.75, 3.05) is 42.2 Å². The number of nitrogens with zero attached hydrogens (tertiary/aromatic N) is 7. The highest BCUT2D eigenvalue weighted by molar-refractivity contribution is 7.98. The number of hydrogen-bond acceptors (Lipinski definition) is 7. The third kappa shape index (κ3) is 4.78. The van der Waals surface area contributed by atoms with Gasteiger partial charge in [-0.1, -0.05) is 42.5 Å². The van der Waals surface area contributed by atoms with Gasteiger partial charge in [0.2, 0.25) is 0 Å². The Labute approximate surface area is 266 Å². The Morgan fingerprint density at radius 3 is 2.13 bits per heavy atom. The van der Waals surface area contributed by atoms with Crippen molar-refractivity contribution < 1.29 is 4.39 Å². The molecule has 1 atom stereocenters. The van der Waals surface area contributed by atoms with Gasteiger partial charge < -0.3 is 14.7 Å². The van der Waals surface area contributed by atoms with Crippen LogP contribution in [0.4, 0.5) is 27.3 Å². The number of aromatic nitrogens is 2. The van der Waals surface area contributed by atoms with Gasteiger partial charge in [-0.3, -0.25) is 0 Å². The van der Waals surface area contributed by atoms with Gasteiger partial charge in [0.25, 0.3) is 0 Å². The summed E-state index contributed by atoms with van der Waals surface area (Å²) in [5.74, 6) is 2.31. The molecule has 3 aliphatic heterocycles. The van der Waals surface area contributed by atoms with Crippen molar-refractivity contribution in [1.29, 1.82) is 0 Å². The number of amidine groups is 2. The Balaban J connectivity index is 1.27. The van der Waals surface area contributed by atoms with E-state index in [0.29, 0.717) is 0 Å². The van der Waals surface area contributed by atoms with E-state index < -0.39 is 0 Å². The minimum atomic E-state index is -0.218. The molecule has 0 unspecified atom stereocenters. The summed E-state index contributed by atoms with van der Waals surface area (Å²) in [6, 6.07) is 34.1. The van der Waals surface area contributed by atoms with E-state index in [2.05, 4.69) is 82.5 Å². The van der Waals surface area contributed by atoms with E-state index in [1.54, 1.807) is 11.8 Å². The van der Waals surface area contributed by atoms with Crippen LogP contribution >= 0.6 is 11.8 Å². The first-order valence-corrected chi connectivity index (χ1v) is 16.4. The molecule has 7 nitrogen and oxygen atoms in total. The lowest BCUT2D eigenvalue weighted by Crippen LogP contribution is -2.55. The summed E-state index contributed by atoms with van der Waals surface area (Å²) in [5, 5.41) is 5.07. The second-order valence-corrected chi connectivity index (χ2v) is 12.3. The van der Waals surface area contributed by atoms with Gasteiger partial charge in [-0.2, -0.15) is 5.10 Å². The lowest BCUT2D eigenvalue weighted by Gasteiger charge is -2.44. The molecule has 4 heterocycles. The van der Waals surface area contributed by atoms with Crippen LogP contribution in [0.2, 0.25) is 0 Å². The standard InChI is InChI=1S/C36H32FN7S/c1-24-32-33(25-12-18-29(45-2)19-13-25)43-31-11-7-6-10-30(31)38-35(36(43)39-34(32)44(40-24)28-8-4-3-5-9-28)42-22-20-41(21-23-42)27-16-14-26(37)15-17-27/h3-19,33H,20-23H2,1-2H3/t33-/m0/s1. The highest BCUT2D eigenvalue weighted by Gasteiger charge is 2.43. The van der Waals surface area contributed by atoms with Crippen LogP contribution < -0.4 is 9.80 Å². The zero-order valence-electron chi connectivity index (χ0n) is 25.1. The molecule has 5 aromatic rings. The lowest BCUT2D eigenvalue weighted by atomic mass is 9.93. The van der Waals surface area contributed by atoms with E-state index in [0.717, 1.165) is 77.7 Å². The third-order valence-corrected chi connectivity index (χ3v) is 9.57. The SMILES string of the molecule is CSc1ccc([C@H]2c3c(C)nn(-c4ccccc4)c3N=C3C(N4CCN(c5ccc(F)cc5)CC4)=Nc4ccccc4N32)cc1. The fourth-order valence-electron chi connectivity index (χ4n) is 6.59. The monoisotopic (exact) mass is 613 g/mol. The van der Waals surface area contributed by atoms with E-state index >= 15 is 0 Å². The predicted octanol–water partition coefficient (Wildman–Crippen LogP) is 7.55. The number of fused-ring (bicyclic) bond motifs is 4. The molecule has 0 saturated carbocycles. The highest BCUT2D eigenvalue weighted by Crippen LogP contribution is 2.48. The Kier molecular flexibility index (Phi) is 6.90. The number of aliphatic imine (C=N–C) groups is 2. The summed E-state index contributed by atoms with van der Waals surface area (Å²) in [5.41, 5.74) is 7.18. The molecule has 1 fully saturated rings. The number of rotatable bonds is 4. The molecule has 45 heavy (non-hydrogen) atoms. The Morgan fingerprint density at radius 2 is 1.40 bits per heavy atom. The number of hydrogen-bond donors (Lipinski definition) is 0. The van der Waals surface area contributed by atoms with Crippen molar-refractivity contribution >= 4 is 46.3 Å². The highest BCUT2D eigenvalue weighted by atomic mass is 32.2. The van der Waals surface area contributed by atoms with Gasteiger partial charge in [-0.05, 0) is 79.4 Å². The molecule has 0 N–H and O–H groups in total. The minimum absolute atomic E-state index is 0.145. The van der Waals surface area contributed by atoms with Crippen LogP contribution in [0.1, 0.15) is 22.9 Å². The number of aryl methyl sites for hydroxylation is 1. The van der Waals surface area contributed by atoms with Crippen molar-refractivity contribution in [2.24, 2.45) is 9.98 Å². The van der Waals surface area contributed by atoms with E-state index in [1.165, 1.54) is 22.6 Å². The fraction of sp³-hybridized carbons (Fsp3) is 0.194. The van der Waals surface area contributed by atoms with Gasteiger partial charge in [-0.15, -0.1) is 11.8 Å². The van der Waals surface area contributed by atoms with E-state index in [9.17, 15) is 4.39 Å². The first kappa shape index (κ1) is 27.6. The maximum atomic E-state index is 13.6. The fourth-order valence-corrected chi connectivity index (χ4v) is 7.00. The lowest BCUT2D eigenvalue weighted by molar-refractivity contribution is 0.389. The van der Waals surface area contributed by atoms with Crippen molar-refractivity contribution in [1.82, 2.24) is 14.7 Å². The predicted molar refractivity (Wildman–Crippen MR) is 182 cm³/mol. The average molecular weight is 614 g/mol. The third-order valence-electron chi connectivity index (χ3n) is 8.82. The molecular weight excluding hydrogens is 582 g/mol. The van der Waals surface area contributed by atoms with Crippen LogP contribution in [-0.4, -0.2) is 58.8 Å². The molecule has 9 heteroatoms. The molecular formula is C36H32FN7S. The Bertz CT molecular complexity index is 1930. The summed E-state index contributed by atoms with van der Waals surface area (Å²) in [4.78, 5) is 18.9. The first-order valence-electron chi connectivity index (χ1n) is 15.2. The molecule has 8 rings (SSSR count). The molecule has 3 aliphatic rings. The second kappa shape index (κ2) is 11.2. The van der Waals surface area contributed by atoms with Crippen LogP contribution in [0.25, 0.3) is 5.69 Å². The van der Waals surface area contributed by atoms with Crippen molar-refractivity contribution in [3.63, 3.8) is 0 Å². The zero-order valence-corrected chi connectivity index (χ0v) is 26.0. The summed E-state index contributed by atoms with van der Waals surface area (Å²) < 4.78 is 15.6. The van der Waals surface area contributed by atoms with Gasteiger partial charge in [0, 0.05) is 42.3 Å². The van der Waals surface area contributed by atoms with E-state index in [1.807, 2.05) is 41.1 Å². The number of anilines is 2. The van der Waals surface area contributed by atoms with Crippen LogP contribution in [-0.2, 0) is 0 Å². The number of para-hydroxylation sites is 3. The molecule has 0 radical (unpaired) electrons. The number of benzene rings is 4. The molecule has 0 aliphatic carbocycles. The van der Waals surface area contributed by atoms with Gasteiger partial charge in [0.15, 0.2) is 17.5 Å². The Morgan fingerprint density at radius 1 is 0.711 bits per heavy atom. The first-order chi connectivity index (χ1) is 22.1. The number of halogens is 1. The number of thioether (sulfide) groups is 1. The van der Waals surface area contributed by atoms with Crippen LogP contribution in [0.15, 0.2) is 118 Å². The van der Waals surface area contributed by atoms with Gasteiger partial charge >= 0.3 is 0 Å². The molecule has 0 amide bonds. The molecule has 0 spiro atoms. The van der Waals surface area contributed by atoms with Crippen LogP contribution in [0.3, 0.4) is 0 Å². The molecule has 1 saturated heterocycles. The Hall–Kier alpha value is -4.89. The second-order valence-electron chi connectivity index (χ2n) is 11.4. The minimum Gasteiger partial charge on any atom is -0.368 e. The summed E-state index contributed by atoms with van der Waals surface area (Å²) in [6.07, 6.45) is 2.10. The van der Waals surface area contributed by atoms with Gasteiger partial charge in [0.05, 0.1) is 28.8 Å². The summed E-state index contributed by atoms with van der Waals surface area (Å²) in [6.45, 7) is 5.21. The van der Waals surface area contributed by atoms with Crippen molar-refractivity contribution in [3.8, 4) is 5.69 Å². The zero-order chi connectivity index (χ0) is 30.5. The van der Waals surface area contributed by atoms with Gasteiger partial charge in [-0.25, -0.2) is 19.1 Å². The molecule has 4 aromatic carbocycles. The molecule has 1 aromatic heterocycles. The quantitative estimate of drug-likeness (QED) is 0.196. The maximum Gasteiger partial charge on any atom is 0.179 e. The van der Waals surface area contributed by atoms with Crippen LogP contribution in [0, 0.1) is 12.7 Å². The average Bonchev–Trinajstić information content (AvgIpc) is 3.43. The van der Waals surface area contributed by atoms with Crippen molar-refractivity contribution in [3.05, 3.63) is 126 Å². The van der Waals surface area contributed by atoms with Crippen molar-refractivity contribution in [2.45, 2.75) is 17.9 Å². The topological polar surface area (TPSA) is 52.3 Å². The summed E-state index contributed by atoms with van der Waals surface area (Å²) in [7, 11) is 0.